The van der Waals surface area contributed by atoms with Crippen molar-refractivity contribution >= 4 is 40.0 Å². The number of carbonyl (C=O) groups is 2. The zero-order valence-electron chi connectivity index (χ0n) is 15.9. The van der Waals surface area contributed by atoms with Crippen LogP contribution in [0.25, 0.3) is 10.9 Å². The molecule has 2 aromatic carbocycles. The minimum atomic E-state index is -0.604. The number of rotatable bonds is 6. The van der Waals surface area contributed by atoms with Crippen molar-refractivity contribution in [2.45, 2.75) is 19.4 Å². The lowest BCUT2D eigenvalue weighted by Gasteiger charge is -2.09. The zero-order chi connectivity index (χ0) is 21.1. The third kappa shape index (κ3) is 4.55. The van der Waals surface area contributed by atoms with E-state index in [2.05, 4.69) is 15.7 Å². The van der Waals surface area contributed by atoms with Gasteiger partial charge in [0, 0.05) is 30.2 Å². The van der Waals surface area contributed by atoms with Gasteiger partial charge >= 0.3 is 0 Å². The Balaban J connectivity index is 1.84. The third-order valence-electron chi connectivity index (χ3n) is 4.46. The predicted molar refractivity (Wildman–Crippen MR) is 109 cm³/mol. The number of nitrogens with zero attached hydrogens (tertiary/aromatic N) is 2. The lowest BCUT2D eigenvalue weighted by atomic mass is 10.1. The molecule has 7 nitrogen and oxygen atoms in total. The van der Waals surface area contributed by atoms with Gasteiger partial charge in [-0.05, 0) is 42.8 Å². The van der Waals surface area contributed by atoms with Crippen molar-refractivity contribution in [3.05, 3.63) is 58.5 Å². The maximum atomic E-state index is 13.3. The highest BCUT2D eigenvalue weighted by Gasteiger charge is 2.19. The van der Waals surface area contributed by atoms with Crippen LogP contribution in [0, 0.1) is 5.82 Å². The van der Waals surface area contributed by atoms with Crippen molar-refractivity contribution < 1.29 is 19.1 Å². The molecule has 0 aliphatic rings. The minimum absolute atomic E-state index is 0.0958. The number of aliphatic hydroxyl groups is 1. The molecule has 0 aliphatic heterocycles. The third-order valence-corrected chi connectivity index (χ3v) is 4.75. The molecule has 0 fully saturated rings. The van der Waals surface area contributed by atoms with E-state index < -0.39 is 17.8 Å². The number of hydrogen-bond donors (Lipinski definition) is 3. The molecule has 3 rings (SSSR count). The molecular formula is C20H20ClFN4O3. The summed E-state index contributed by atoms with van der Waals surface area (Å²) < 4.78 is 14.7. The predicted octanol–water partition coefficient (Wildman–Crippen LogP) is 3.12. The van der Waals surface area contributed by atoms with Crippen molar-refractivity contribution in [1.29, 1.82) is 0 Å². The van der Waals surface area contributed by atoms with Crippen molar-refractivity contribution in [2.75, 3.05) is 11.9 Å². The molecule has 1 aromatic heterocycles. The van der Waals surface area contributed by atoms with E-state index in [9.17, 15) is 19.1 Å². The molecule has 0 saturated heterocycles. The molecule has 0 bridgehead atoms. The molecular weight excluding hydrogens is 399 g/mol. The molecule has 29 heavy (non-hydrogen) atoms. The Morgan fingerprint density at radius 2 is 2.00 bits per heavy atom. The number of carbonyl (C=O) groups excluding carboxylic acids is 2. The summed E-state index contributed by atoms with van der Waals surface area (Å²) in [7, 11) is 1.61. The summed E-state index contributed by atoms with van der Waals surface area (Å²) in [5.41, 5.74) is 1.48. The molecule has 9 heteroatoms. The lowest BCUT2D eigenvalue weighted by Crippen LogP contribution is -2.31. The quantitative estimate of drug-likeness (QED) is 0.573. The normalized spacial score (nSPS) is 12.0. The number of fused-ring (bicyclic) bond motifs is 1. The Labute approximate surface area is 171 Å². The Bertz CT molecular complexity index is 1080. The molecule has 0 saturated carbocycles. The van der Waals surface area contributed by atoms with Gasteiger partial charge in [-0.3, -0.25) is 14.3 Å². The second-order valence-corrected chi connectivity index (χ2v) is 6.97. The van der Waals surface area contributed by atoms with E-state index in [0.29, 0.717) is 28.6 Å². The highest BCUT2D eigenvalue weighted by Crippen LogP contribution is 2.23. The van der Waals surface area contributed by atoms with Gasteiger partial charge < -0.3 is 15.7 Å². The molecule has 2 amide bonds. The van der Waals surface area contributed by atoms with Crippen molar-refractivity contribution in [3.8, 4) is 0 Å². The minimum Gasteiger partial charge on any atom is -0.391 e. The smallest absolute Gasteiger partial charge is 0.274 e. The van der Waals surface area contributed by atoms with Gasteiger partial charge in [0.2, 0.25) is 0 Å². The average Bonchev–Trinajstić information content (AvgIpc) is 3.03. The SMILES string of the molecule is CCC(O)CNC(=O)c1ccc2c(C(=O)Nc3ccc(F)c(Cl)c3)n(C)nc2c1. The summed E-state index contributed by atoms with van der Waals surface area (Å²) in [4.78, 5) is 25.0. The van der Waals surface area contributed by atoms with Gasteiger partial charge in [0.1, 0.15) is 11.5 Å². The number of aryl methyl sites for hydroxylation is 1. The summed E-state index contributed by atoms with van der Waals surface area (Å²) in [6.45, 7) is 1.98. The van der Waals surface area contributed by atoms with E-state index in [1.54, 1.807) is 25.2 Å². The molecule has 0 spiro atoms. The largest absolute Gasteiger partial charge is 0.391 e. The second-order valence-electron chi connectivity index (χ2n) is 6.56. The van der Waals surface area contributed by atoms with Crippen molar-refractivity contribution in [2.24, 2.45) is 7.05 Å². The van der Waals surface area contributed by atoms with Crippen LogP contribution in [0.3, 0.4) is 0 Å². The Morgan fingerprint density at radius 1 is 1.24 bits per heavy atom. The average molecular weight is 419 g/mol. The van der Waals surface area contributed by atoms with Gasteiger partial charge in [-0.15, -0.1) is 0 Å². The number of aromatic nitrogens is 2. The van der Waals surface area contributed by atoms with Crippen LogP contribution >= 0.6 is 11.6 Å². The monoisotopic (exact) mass is 418 g/mol. The zero-order valence-corrected chi connectivity index (χ0v) is 16.6. The number of nitrogens with one attached hydrogen (secondary N) is 2. The maximum absolute atomic E-state index is 13.3. The number of anilines is 1. The van der Waals surface area contributed by atoms with E-state index in [0.717, 1.165) is 0 Å². The van der Waals surface area contributed by atoms with Crippen LogP contribution in [-0.2, 0) is 7.05 Å². The van der Waals surface area contributed by atoms with Crippen molar-refractivity contribution in [3.63, 3.8) is 0 Å². The number of aliphatic hydroxyl groups excluding tert-OH is 1. The van der Waals surface area contributed by atoms with Crippen molar-refractivity contribution in [1.82, 2.24) is 15.1 Å². The summed E-state index contributed by atoms with van der Waals surface area (Å²) in [5, 5.41) is 19.7. The topological polar surface area (TPSA) is 96.3 Å². The van der Waals surface area contributed by atoms with E-state index >= 15 is 0 Å². The number of amides is 2. The molecule has 1 atom stereocenters. The molecule has 1 unspecified atom stereocenters. The highest BCUT2D eigenvalue weighted by molar-refractivity contribution is 6.31. The van der Waals surface area contributed by atoms with Crippen LogP contribution in [0.4, 0.5) is 10.1 Å². The Hall–Kier alpha value is -2.97. The molecule has 0 aliphatic carbocycles. The number of halogens is 2. The fraction of sp³-hybridized carbons (Fsp3) is 0.250. The van der Waals surface area contributed by atoms with Crippen LogP contribution in [0.2, 0.25) is 5.02 Å². The number of hydrogen-bond acceptors (Lipinski definition) is 4. The maximum Gasteiger partial charge on any atom is 0.274 e. The van der Waals surface area contributed by atoms with Gasteiger partial charge in [0.25, 0.3) is 11.8 Å². The first-order valence-electron chi connectivity index (χ1n) is 8.99. The molecule has 0 radical (unpaired) electrons. The molecule has 152 valence electrons. The summed E-state index contributed by atoms with van der Waals surface area (Å²) in [5.74, 6) is -1.36. The highest BCUT2D eigenvalue weighted by atomic mass is 35.5. The van der Waals surface area contributed by atoms with Crippen LogP contribution in [0.15, 0.2) is 36.4 Å². The summed E-state index contributed by atoms with van der Waals surface area (Å²) >= 11 is 5.75. The molecule has 1 heterocycles. The van der Waals surface area contributed by atoms with Crippen LogP contribution < -0.4 is 10.6 Å². The second kappa shape index (κ2) is 8.59. The van der Waals surface area contributed by atoms with E-state index in [1.165, 1.54) is 22.9 Å². The van der Waals surface area contributed by atoms with E-state index in [4.69, 9.17) is 11.6 Å². The molecule has 3 aromatic rings. The lowest BCUT2D eigenvalue weighted by molar-refractivity contribution is 0.0913. The van der Waals surface area contributed by atoms with Crippen LogP contribution in [-0.4, -0.2) is 39.4 Å². The Morgan fingerprint density at radius 3 is 2.69 bits per heavy atom. The van der Waals surface area contributed by atoms with Crippen LogP contribution in [0.5, 0.6) is 0 Å². The van der Waals surface area contributed by atoms with Gasteiger partial charge in [-0.2, -0.15) is 5.10 Å². The fourth-order valence-corrected chi connectivity index (χ4v) is 3.01. The van der Waals surface area contributed by atoms with Gasteiger partial charge in [0.15, 0.2) is 0 Å². The van der Waals surface area contributed by atoms with Gasteiger partial charge in [-0.25, -0.2) is 4.39 Å². The first-order chi connectivity index (χ1) is 13.8. The fourth-order valence-electron chi connectivity index (χ4n) is 2.83. The standard InChI is InChI=1S/C20H20ClFN4O3/c1-3-13(27)10-23-19(28)11-4-6-14-17(8-11)25-26(2)18(14)20(29)24-12-5-7-16(22)15(21)9-12/h4-9,13,27H,3,10H2,1-2H3,(H,23,28)(H,24,29). The Kier molecular flexibility index (Phi) is 6.14. The first-order valence-corrected chi connectivity index (χ1v) is 9.37. The summed E-state index contributed by atoms with van der Waals surface area (Å²) in [6.07, 6.45) is -0.0649. The van der Waals surface area contributed by atoms with E-state index in [1.807, 2.05) is 6.92 Å². The van der Waals surface area contributed by atoms with E-state index in [-0.39, 0.29) is 23.2 Å². The van der Waals surface area contributed by atoms with Gasteiger partial charge in [-0.1, -0.05) is 18.5 Å². The molecule has 3 N–H and O–H groups in total. The van der Waals surface area contributed by atoms with Gasteiger partial charge in [0.05, 0.1) is 16.6 Å². The van der Waals surface area contributed by atoms with Crippen LogP contribution in [0.1, 0.15) is 34.2 Å². The first kappa shape index (κ1) is 20.8. The summed E-state index contributed by atoms with van der Waals surface area (Å²) in [6, 6.07) is 8.70. The number of benzene rings is 2.